The third-order valence-corrected chi connectivity index (χ3v) is 4.53. The van der Waals surface area contributed by atoms with Crippen molar-refractivity contribution in [3.63, 3.8) is 0 Å². The Kier molecular flexibility index (Phi) is 4.98. The van der Waals surface area contributed by atoms with E-state index in [4.69, 9.17) is 27.6 Å². The van der Waals surface area contributed by atoms with Crippen molar-refractivity contribution >= 4 is 23.2 Å². The Balaban J connectivity index is 1.84. The van der Waals surface area contributed by atoms with Crippen molar-refractivity contribution in [2.45, 2.75) is 32.5 Å². The van der Waals surface area contributed by atoms with Crippen LogP contribution in [0.4, 0.5) is 13.2 Å². The Morgan fingerprint density at radius 1 is 1.15 bits per heavy atom. The van der Waals surface area contributed by atoms with Crippen LogP contribution in [0.5, 0.6) is 0 Å². The second kappa shape index (κ2) is 6.92. The van der Waals surface area contributed by atoms with Crippen molar-refractivity contribution in [1.82, 2.24) is 20.0 Å². The first-order valence-corrected chi connectivity index (χ1v) is 8.31. The molecule has 1 aromatic carbocycles. The number of aromatic nitrogens is 4. The molecule has 0 saturated heterocycles. The normalized spacial score (nSPS) is 13.2. The van der Waals surface area contributed by atoms with Gasteiger partial charge in [-0.05, 0) is 31.5 Å². The molecule has 0 saturated carbocycles. The second-order valence-corrected chi connectivity index (χ2v) is 6.52. The van der Waals surface area contributed by atoms with E-state index in [1.54, 1.807) is 19.1 Å². The lowest BCUT2D eigenvalue weighted by Crippen LogP contribution is -2.13. The number of alkyl halides is 3. The van der Waals surface area contributed by atoms with Crippen LogP contribution in [-0.2, 0) is 12.6 Å². The average Bonchev–Trinajstić information content (AvgIpc) is 3.15. The lowest BCUT2D eigenvalue weighted by atomic mass is 10.1. The fraction of sp³-hybridized carbons (Fsp3) is 0.312. The number of nitrogens with zero attached hydrogens (tertiary/aromatic N) is 4. The Labute approximate surface area is 156 Å². The summed E-state index contributed by atoms with van der Waals surface area (Å²) in [5, 5.41) is 11.6. The predicted molar refractivity (Wildman–Crippen MR) is 89.3 cm³/mol. The zero-order valence-corrected chi connectivity index (χ0v) is 15.2. The summed E-state index contributed by atoms with van der Waals surface area (Å²) in [6.07, 6.45) is -4.26. The van der Waals surface area contributed by atoms with Crippen LogP contribution >= 0.6 is 23.2 Å². The van der Waals surface area contributed by atoms with Crippen LogP contribution in [0, 0.1) is 6.92 Å². The minimum absolute atomic E-state index is 0.143. The molecule has 138 valence electrons. The molecule has 5 nitrogen and oxygen atoms in total. The number of hydrogen-bond donors (Lipinski definition) is 0. The van der Waals surface area contributed by atoms with Gasteiger partial charge in [0.25, 0.3) is 0 Å². The van der Waals surface area contributed by atoms with Crippen LogP contribution in [0.3, 0.4) is 0 Å². The zero-order valence-electron chi connectivity index (χ0n) is 13.7. The summed E-state index contributed by atoms with van der Waals surface area (Å²) in [4.78, 5) is 0. The van der Waals surface area contributed by atoms with E-state index in [1.165, 1.54) is 6.92 Å². The Morgan fingerprint density at radius 3 is 2.38 bits per heavy atom. The molecule has 0 radical (unpaired) electrons. The van der Waals surface area contributed by atoms with Crippen LogP contribution in [0.25, 0.3) is 0 Å². The summed E-state index contributed by atoms with van der Waals surface area (Å²) in [7, 11) is 0. The fourth-order valence-corrected chi connectivity index (χ4v) is 2.80. The van der Waals surface area contributed by atoms with Crippen molar-refractivity contribution < 1.29 is 17.6 Å². The van der Waals surface area contributed by atoms with Gasteiger partial charge in [0.1, 0.15) is 6.04 Å². The summed E-state index contributed by atoms with van der Waals surface area (Å²) < 4.78 is 45.6. The van der Waals surface area contributed by atoms with Gasteiger partial charge in [0.05, 0.1) is 17.1 Å². The minimum Gasteiger partial charge on any atom is -0.423 e. The van der Waals surface area contributed by atoms with Gasteiger partial charge >= 0.3 is 6.18 Å². The van der Waals surface area contributed by atoms with Crippen molar-refractivity contribution in [2.24, 2.45) is 0 Å². The van der Waals surface area contributed by atoms with Gasteiger partial charge in [-0.15, -0.1) is 10.2 Å². The second-order valence-electron chi connectivity index (χ2n) is 5.70. The van der Waals surface area contributed by atoms with Crippen LogP contribution in [0.15, 0.2) is 28.7 Å². The molecule has 1 atom stereocenters. The number of hydrogen-bond acceptors (Lipinski definition) is 4. The van der Waals surface area contributed by atoms with Crippen molar-refractivity contribution in [3.05, 3.63) is 63.0 Å². The molecule has 0 fully saturated rings. The Hall–Kier alpha value is -2.06. The molecule has 10 heteroatoms. The van der Waals surface area contributed by atoms with E-state index in [9.17, 15) is 13.2 Å². The van der Waals surface area contributed by atoms with Gasteiger partial charge in [-0.25, -0.2) is 0 Å². The van der Waals surface area contributed by atoms with E-state index in [-0.39, 0.29) is 11.6 Å². The van der Waals surface area contributed by atoms with E-state index in [0.717, 1.165) is 10.2 Å². The maximum absolute atomic E-state index is 13.0. The van der Waals surface area contributed by atoms with Gasteiger partial charge in [-0.1, -0.05) is 35.3 Å². The summed E-state index contributed by atoms with van der Waals surface area (Å²) in [5.41, 5.74) is -0.0525. The van der Waals surface area contributed by atoms with E-state index in [1.807, 2.05) is 12.1 Å². The standard InChI is InChI=1S/C16H13Cl2F3N4O/c1-8-13(18)14(16(19,20)21)24-25(8)9(2)15-23-22-12(26-15)7-10-3-5-11(17)6-4-10/h3-6,9H,7H2,1-2H3. The highest BCUT2D eigenvalue weighted by molar-refractivity contribution is 6.32. The minimum atomic E-state index is -4.64. The highest BCUT2D eigenvalue weighted by Crippen LogP contribution is 2.36. The smallest absolute Gasteiger partial charge is 0.423 e. The molecule has 3 rings (SSSR count). The Morgan fingerprint density at radius 2 is 1.81 bits per heavy atom. The molecular weight excluding hydrogens is 392 g/mol. The van der Waals surface area contributed by atoms with E-state index in [0.29, 0.717) is 17.3 Å². The first-order chi connectivity index (χ1) is 12.2. The SMILES string of the molecule is Cc1c(Cl)c(C(F)(F)F)nn1C(C)c1nnc(Cc2ccc(Cl)cc2)o1. The molecule has 0 amide bonds. The van der Waals surface area contributed by atoms with Gasteiger partial charge in [0, 0.05) is 5.02 Å². The molecular formula is C16H13Cl2F3N4O. The zero-order chi connectivity index (χ0) is 19.1. The van der Waals surface area contributed by atoms with Gasteiger partial charge in [0.2, 0.25) is 11.8 Å². The maximum Gasteiger partial charge on any atom is 0.436 e. The lowest BCUT2D eigenvalue weighted by molar-refractivity contribution is -0.141. The van der Waals surface area contributed by atoms with E-state index < -0.39 is 22.9 Å². The molecule has 2 heterocycles. The lowest BCUT2D eigenvalue weighted by Gasteiger charge is -2.09. The van der Waals surface area contributed by atoms with Crippen molar-refractivity contribution in [3.8, 4) is 0 Å². The first kappa shape index (κ1) is 18.7. The van der Waals surface area contributed by atoms with E-state index >= 15 is 0 Å². The third kappa shape index (κ3) is 3.71. The quantitative estimate of drug-likeness (QED) is 0.606. The largest absolute Gasteiger partial charge is 0.436 e. The van der Waals surface area contributed by atoms with Gasteiger partial charge in [0.15, 0.2) is 5.69 Å². The third-order valence-electron chi connectivity index (χ3n) is 3.82. The summed E-state index contributed by atoms with van der Waals surface area (Å²) in [6, 6.07) is 6.43. The number of rotatable bonds is 4. The highest BCUT2D eigenvalue weighted by Gasteiger charge is 2.39. The number of benzene rings is 1. The Bertz CT molecular complexity index is 919. The maximum atomic E-state index is 13.0. The first-order valence-electron chi connectivity index (χ1n) is 7.55. The molecule has 0 bridgehead atoms. The molecule has 0 aliphatic carbocycles. The number of halogens is 5. The summed E-state index contributed by atoms with van der Waals surface area (Å²) in [6.45, 7) is 3.06. The van der Waals surface area contributed by atoms with Crippen LogP contribution in [0.2, 0.25) is 10.0 Å². The summed E-state index contributed by atoms with van der Waals surface area (Å²) in [5.74, 6) is 0.478. The topological polar surface area (TPSA) is 56.7 Å². The molecule has 0 spiro atoms. The average molecular weight is 405 g/mol. The molecule has 0 N–H and O–H groups in total. The molecule has 0 aliphatic rings. The van der Waals surface area contributed by atoms with Crippen molar-refractivity contribution in [2.75, 3.05) is 0 Å². The predicted octanol–water partition coefficient (Wildman–Crippen LogP) is 5.10. The van der Waals surface area contributed by atoms with E-state index in [2.05, 4.69) is 15.3 Å². The van der Waals surface area contributed by atoms with Crippen LogP contribution in [-0.4, -0.2) is 20.0 Å². The van der Waals surface area contributed by atoms with Gasteiger partial charge < -0.3 is 4.42 Å². The molecule has 26 heavy (non-hydrogen) atoms. The monoisotopic (exact) mass is 404 g/mol. The fourth-order valence-electron chi connectivity index (χ4n) is 2.45. The molecule has 2 aromatic heterocycles. The summed E-state index contributed by atoms with van der Waals surface area (Å²) >= 11 is 11.6. The van der Waals surface area contributed by atoms with Crippen molar-refractivity contribution in [1.29, 1.82) is 0 Å². The van der Waals surface area contributed by atoms with Gasteiger partial charge in [-0.2, -0.15) is 18.3 Å². The van der Waals surface area contributed by atoms with Crippen LogP contribution in [0.1, 0.15) is 41.7 Å². The molecule has 1 unspecified atom stereocenters. The molecule has 3 aromatic rings. The van der Waals surface area contributed by atoms with Gasteiger partial charge in [-0.3, -0.25) is 4.68 Å². The molecule has 0 aliphatic heterocycles. The highest BCUT2D eigenvalue weighted by atomic mass is 35.5. The van der Waals surface area contributed by atoms with Crippen LogP contribution < -0.4 is 0 Å².